The van der Waals surface area contributed by atoms with Crippen LogP contribution >= 0.6 is 0 Å². The second kappa shape index (κ2) is 7.18. The normalized spacial score (nSPS) is 11.7. The van der Waals surface area contributed by atoms with Crippen LogP contribution in [-0.2, 0) is 25.0 Å². The lowest BCUT2D eigenvalue weighted by Gasteiger charge is -2.08. The molecular formula is C14H16O7S2. The number of Topliss-reactive ketones (excluding diaryl/α,β-unsaturated/α-hetero) is 1. The first-order valence-electron chi connectivity index (χ1n) is 6.44. The van der Waals surface area contributed by atoms with Gasteiger partial charge >= 0.3 is 0 Å². The highest BCUT2D eigenvalue weighted by Crippen LogP contribution is 2.29. The fourth-order valence-electron chi connectivity index (χ4n) is 1.69. The second-order valence-corrected chi connectivity index (χ2v) is 7.37. The van der Waals surface area contributed by atoms with E-state index in [4.69, 9.17) is 9.11 Å². The van der Waals surface area contributed by atoms with Crippen LogP contribution in [0.5, 0.6) is 0 Å². The predicted octanol–water partition coefficient (Wildman–Crippen LogP) is 2.32. The van der Waals surface area contributed by atoms with Gasteiger partial charge in [-0.25, -0.2) is 0 Å². The summed E-state index contributed by atoms with van der Waals surface area (Å²) in [6, 6.07) is 8.28. The van der Waals surface area contributed by atoms with Crippen LogP contribution in [0.1, 0.15) is 20.3 Å². The molecule has 23 heavy (non-hydrogen) atoms. The molecule has 0 spiro atoms. The Morgan fingerprint density at radius 3 is 1.91 bits per heavy atom. The van der Waals surface area contributed by atoms with Crippen LogP contribution < -0.4 is 0 Å². The average molecular weight is 360 g/mol. The molecule has 9 heteroatoms. The van der Waals surface area contributed by atoms with E-state index in [1.165, 1.54) is 18.2 Å². The Bertz CT molecular complexity index is 929. The Labute approximate surface area is 134 Å². The molecule has 0 aliphatic rings. The highest BCUT2D eigenvalue weighted by atomic mass is 32.2. The van der Waals surface area contributed by atoms with Crippen molar-refractivity contribution in [2.75, 3.05) is 0 Å². The van der Waals surface area contributed by atoms with Gasteiger partial charge in [-0.1, -0.05) is 37.3 Å². The van der Waals surface area contributed by atoms with Gasteiger partial charge in [0.25, 0.3) is 20.2 Å². The van der Waals surface area contributed by atoms with E-state index in [1.807, 2.05) is 6.92 Å². The first-order valence-corrected chi connectivity index (χ1v) is 9.32. The number of benzene rings is 2. The van der Waals surface area contributed by atoms with Crippen molar-refractivity contribution in [1.82, 2.24) is 0 Å². The Morgan fingerprint density at radius 2 is 1.48 bits per heavy atom. The minimum absolute atomic E-state index is 0.0233. The zero-order valence-electron chi connectivity index (χ0n) is 12.4. The number of carbonyl (C=O) groups is 1. The lowest BCUT2D eigenvalue weighted by molar-refractivity contribution is -0.116. The van der Waals surface area contributed by atoms with Crippen LogP contribution in [-0.4, -0.2) is 31.7 Å². The van der Waals surface area contributed by atoms with Crippen molar-refractivity contribution in [1.29, 1.82) is 0 Å². The van der Waals surface area contributed by atoms with Crippen molar-refractivity contribution in [3.63, 3.8) is 0 Å². The van der Waals surface area contributed by atoms with Crippen LogP contribution in [0.2, 0.25) is 0 Å². The molecule has 2 rings (SSSR count). The zero-order chi connectivity index (χ0) is 17.8. The van der Waals surface area contributed by atoms with Crippen LogP contribution in [0.25, 0.3) is 10.8 Å². The molecule has 0 fully saturated rings. The van der Waals surface area contributed by atoms with Gasteiger partial charge in [-0.2, -0.15) is 16.8 Å². The zero-order valence-corrected chi connectivity index (χ0v) is 14.1. The van der Waals surface area contributed by atoms with Crippen molar-refractivity contribution in [2.45, 2.75) is 30.1 Å². The van der Waals surface area contributed by atoms with Crippen molar-refractivity contribution in [3.05, 3.63) is 36.4 Å². The minimum Gasteiger partial charge on any atom is -0.300 e. The number of rotatable bonds is 3. The molecule has 2 N–H and O–H groups in total. The summed E-state index contributed by atoms with van der Waals surface area (Å²) < 4.78 is 63.0. The van der Waals surface area contributed by atoms with Crippen LogP contribution in [0.4, 0.5) is 0 Å². The number of ketones is 1. The van der Waals surface area contributed by atoms with Crippen LogP contribution in [0, 0.1) is 0 Å². The molecule has 0 amide bonds. The van der Waals surface area contributed by atoms with E-state index >= 15 is 0 Å². The number of hydrogen-bond donors (Lipinski definition) is 2. The van der Waals surface area contributed by atoms with Gasteiger partial charge in [0.05, 0.1) is 0 Å². The summed E-state index contributed by atoms with van der Waals surface area (Å²) in [5.74, 6) is 0.255. The van der Waals surface area contributed by atoms with Gasteiger partial charge in [0.15, 0.2) is 0 Å². The average Bonchev–Trinajstić information content (AvgIpc) is 2.44. The molecule has 0 atom stereocenters. The summed E-state index contributed by atoms with van der Waals surface area (Å²) in [6.07, 6.45) is 0.667. The third-order valence-electron chi connectivity index (χ3n) is 2.88. The minimum atomic E-state index is -4.78. The molecule has 0 heterocycles. The van der Waals surface area contributed by atoms with Crippen molar-refractivity contribution in [2.24, 2.45) is 0 Å². The standard InChI is InChI=1S/C10H8O6S2.C4H8O/c11-17(12,13)9-6-5-7-3-1-2-4-8(7)10(9)18(14,15)16;1-3-4(2)5/h1-6H,(H,11,12,13)(H,14,15,16);3H2,1-2H3. The predicted molar refractivity (Wildman–Crippen MR) is 84.5 cm³/mol. The van der Waals surface area contributed by atoms with E-state index in [1.54, 1.807) is 19.1 Å². The van der Waals surface area contributed by atoms with Gasteiger partial charge in [-0.3, -0.25) is 9.11 Å². The lowest BCUT2D eigenvalue weighted by atomic mass is 10.1. The van der Waals surface area contributed by atoms with Crippen LogP contribution in [0.15, 0.2) is 46.2 Å². The first kappa shape index (κ1) is 19.2. The molecule has 0 aliphatic carbocycles. The van der Waals surface area contributed by atoms with Gasteiger partial charge < -0.3 is 4.79 Å². The topological polar surface area (TPSA) is 126 Å². The maximum atomic E-state index is 11.3. The first-order chi connectivity index (χ1) is 10.5. The molecule has 0 aromatic heterocycles. The maximum absolute atomic E-state index is 11.3. The van der Waals surface area contributed by atoms with Gasteiger partial charge in [-0.15, -0.1) is 0 Å². The molecule has 0 radical (unpaired) electrons. The molecule has 0 aliphatic heterocycles. The van der Waals surface area contributed by atoms with E-state index in [-0.39, 0.29) is 11.2 Å². The van der Waals surface area contributed by atoms with Gasteiger partial charge in [0.2, 0.25) is 0 Å². The molecule has 0 saturated heterocycles. The fraction of sp³-hybridized carbons (Fsp3) is 0.214. The van der Waals surface area contributed by atoms with Gasteiger partial charge in [0, 0.05) is 11.8 Å². The van der Waals surface area contributed by atoms with Gasteiger partial charge in [-0.05, 0) is 18.4 Å². The van der Waals surface area contributed by atoms with Crippen molar-refractivity contribution < 1.29 is 30.7 Å². The molecule has 2 aromatic rings. The Balaban J connectivity index is 0.000000463. The summed E-state index contributed by atoms with van der Waals surface area (Å²) in [5, 5.41) is 0.452. The molecular weight excluding hydrogens is 344 g/mol. The lowest BCUT2D eigenvalue weighted by Crippen LogP contribution is -2.09. The smallest absolute Gasteiger partial charge is 0.296 e. The quantitative estimate of drug-likeness (QED) is 0.804. The third kappa shape index (κ3) is 5.10. The third-order valence-corrected chi connectivity index (χ3v) is 4.86. The molecule has 0 unspecified atom stereocenters. The van der Waals surface area contributed by atoms with Crippen molar-refractivity contribution >= 4 is 36.8 Å². The van der Waals surface area contributed by atoms with E-state index in [0.29, 0.717) is 11.8 Å². The second-order valence-electron chi connectivity index (χ2n) is 4.62. The van der Waals surface area contributed by atoms with Gasteiger partial charge in [0.1, 0.15) is 15.6 Å². The summed E-state index contributed by atoms with van der Waals surface area (Å²) in [5.41, 5.74) is 0. The monoisotopic (exact) mass is 360 g/mol. The highest BCUT2D eigenvalue weighted by molar-refractivity contribution is 7.89. The highest BCUT2D eigenvalue weighted by Gasteiger charge is 2.26. The maximum Gasteiger partial charge on any atom is 0.296 e. The summed E-state index contributed by atoms with van der Waals surface area (Å²) in [6.45, 7) is 3.43. The van der Waals surface area contributed by atoms with E-state index < -0.39 is 30.0 Å². The van der Waals surface area contributed by atoms with Crippen LogP contribution in [0.3, 0.4) is 0 Å². The molecule has 7 nitrogen and oxygen atoms in total. The number of carbonyl (C=O) groups excluding carboxylic acids is 1. The Kier molecular flexibility index (Phi) is 6.00. The SMILES string of the molecule is CCC(C)=O.O=S(=O)(O)c1ccc2ccccc2c1S(=O)(=O)O. The molecule has 0 bridgehead atoms. The van der Waals surface area contributed by atoms with E-state index in [9.17, 15) is 21.6 Å². The summed E-state index contributed by atoms with van der Waals surface area (Å²) in [7, 11) is -9.53. The van der Waals surface area contributed by atoms with E-state index in [2.05, 4.69) is 0 Å². The summed E-state index contributed by atoms with van der Waals surface area (Å²) in [4.78, 5) is 8.15. The molecule has 0 saturated carbocycles. The fourth-order valence-corrected chi connectivity index (χ4v) is 3.69. The molecule has 2 aromatic carbocycles. The largest absolute Gasteiger partial charge is 0.300 e. The van der Waals surface area contributed by atoms with E-state index in [0.717, 1.165) is 6.07 Å². The Hall–Kier alpha value is -1.81. The summed E-state index contributed by atoms with van der Waals surface area (Å²) >= 11 is 0. The molecule has 126 valence electrons. The number of fused-ring (bicyclic) bond motifs is 1. The Morgan fingerprint density at radius 1 is 0.957 bits per heavy atom. The number of hydrogen-bond acceptors (Lipinski definition) is 5. The van der Waals surface area contributed by atoms with Crippen molar-refractivity contribution in [3.8, 4) is 0 Å².